The largest absolute Gasteiger partial charge is 0.478 e. The Morgan fingerprint density at radius 1 is 0.851 bits per heavy atom. The molecule has 2 heterocycles. The summed E-state index contributed by atoms with van der Waals surface area (Å²) in [7, 11) is 0. The minimum Gasteiger partial charge on any atom is -0.478 e. The zero-order valence-corrected chi connectivity index (χ0v) is 26.4. The Hall–Kier alpha value is -6.10. The van der Waals surface area contributed by atoms with Gasteiger partial charge in [-0.05, 0) is 60.5 Å². The van der Waals surface area contributed by atoms with Crippen molar-refractivity contribution in [2.24, 2.45) is 0 Å². The quantitative estimate of drug-likeness (QED) is 0.161. The smallest absolute Gasteiger partial charge is 0.424 e. The lowest BCUT2D eigenvalue weighted by molar-refractivity contribution is -0.570. The number of pyridine rings is 1. The molecule has 5 rings (SSSR count). The Morgan fingerprint density at radius 3 is 2.26 bits per heavy atom. The van der Waals surface area contributed by atoms with E-state index in [1.165, 1.54) is 23.0 Å². The van der Waals surface area contributed by atoms with Crippen LogP contribution in [0.2, 0.25) is 0 Å². The predicted octanol–water partition coefficient (Wildman–Crippen LogP) is 5.73. The summed E-state index contributed by atoms with van der Waals surface area (Å²) >= 11 is 0. The molecule has 0 radical (unpaired) electrons. The molecule has 0 aliphatic carbocycles. The number of carbonyl (C=O) groups is 4. The van der Waals surface area contributed by atoms with E-state index >= 15 is 0 Å². The second kappa shape index (κ2) is 13.5. The summed E-state index contributed by atoms with van der Waals surface area (Å²) in [5.74, 6) is -1.46. The molecule has 238 valence electrons. The van der Waals surface area contributed by atoms with Crippen molar-refractivity contribution < 1.29 is 28.9 Å². The van der Waals surface area contributed by atoms with E-state index in [1.54, 1.807) is 48.0 Å². The van der Waals surface area contributed by atoms with E-state index in [-0.39, 0.29) is 34.6 Å². The molecule has 0 spiro atoms. The number of hydrogen-bond acceptors (Lipinski definition) is 5. The third kappa shape index (κ3) is 7.77. The number of carboxylic acids is 1. The highest BCUT2D eigenvalue weighted by molar-refractivity contribution is 5.99. The molecule has 11 heteroatoms. The highest BCUT2D eigenvalue weighted by atomic mass is 16.4. The molecule has 0 atom stereocenters. The number of nitrogens with one attached hydrogen (secondary N) is 3. The number of aromatic carboxylic acids is 1. The predicted molar refractivity (Wildman–Crippen MR) is 177 cm³/mol. The van der Waals surface area contributed by atoms with Crippen LogP contribution in [0.25, 0.3) is 5.69 Å². The number of aromatic nitrogens is 3. The molecular weight excluding hydrogens is 596 g/mol. The van der Waals surface area contributed by atoms with Crippen LogP contribution in [0.5, 0.6) is 0 Å². The van der Waals surface area contributed by atoms with E-state index in [0.717, 1.165) is 16.9 Å². The van der Waals surface area contributed by atoms with Crippen molar-refractivity contribution in [1.82, 2.24) is 15.1 Å². The summed E-state index contributed by atoms with van der Waals surface area (Å²) in [5, 5.41) is 22.8. The Morgan fingerprint density at radius 2 is 1.57 bits per heavy atom. The SMILES string of the molecule is Cc1ccc(C(=O)[n+]2cccc(C(=O)NCc3ccc(-n4nc(C(C)(C)C)cc4NC(=O)Nc4ccccc4)cc3)c2)cc1C(=O)O. The van der Waals surface area contributed by atoms with Gasteiger partial charge in [-0.25, -0.2) is 19.1 Å². The number of rotatable bonds is 8. The average molecular weight is 632 g/mol. The third-order valence-corrected chi connectivity index (χ3v) is 7.40. The molecule has 0 aliphatic rings. The van der Waals surface area contributed by atoms with Crippen LogP contribution in [0.4, 0.5) is 16.3 Å². The maximum Gasteiger partial charge on any atom is 0.424 e. The number of nitrogens with zero attached hydrogens (tertiary/aromatic N) is 3. The van der Waals surface area contributed by atoms with Crippen molar-refractivity contribution >= 4 is 35.3 Å². The highest BCUT2D eigenvalue weighted by Gasteiger charge is 2.23. The van der Waals surface area contributed by atoms with Crippen LogP contribution in [-0.4, -0.2) is 38.7 Å². The van der Waals surface area contributed by atoms with Crippen molar-refractivity contribution in [2.75, 3.05) is 10.6 Å². The first kappa shape index (κ1) is 32.3. The Labute approximate surface area is 271 Å². The van der Waals surface area contributed by atoms with Crippen LogP contribution < -0.4 is 20.5 Å². The number of urea groups is 1. The van der Waals surface area contributed by atoms with Gasteiger partial charge >= 0.3 is 17.9 Å². The fourth-order valence-electron chi connectivity index (χ4n) is 4.74. The monoisotopic (exact) mass is 631 g/mol. The number of benzene rings is 3. The molecule has 11 nitrogen and oxygen atoms in total. The highest BCUT2D eigenvalue weighted by Crippen LogP contribution is 2.27. The van der Waals surface area contributed by atoms with E-state index in [4.69, 9.17) is 5.10 Å². The van der Waals surface area contributed by atoms with Gasteiger partial charge in [-0.1, -0.05) is 57.2 Å². The minimum atomic E-state index is -1.12. The first-order valence-corrected chi connectivity index (χ1v) is 14.9. The van der Waals surface area contributed by atoms with Crippen molar-refractivity contribution in [1.29, 1.82) is 0 Å². The van der Waals surface area contributed by atoms with E-state index in [9.17, 15) is 24.3 Å². The molecule has 0 aliphatic heterocycles. The van der Waals surface area contributed by atoms with Gasteiger partial charge in [-0.15, -0.1) is 4.57 Å². The fraction of sp³-hybridized carbons (Fsp3) is 0.167. The molecule has 0 fully saturated rings. The van der Waals surface area contributed by atoms with Crippen molar-refractivity contribution in [3.8, 4) is 5.69 Å². The summed E-state index contributed by atoms with van der Waals surface area (Å²) in [4.78, 5) is 50.4. The van der Waals surface area contributed by atoms with Gasteiger partial charge in [-0.3, -0.25) is 10.1 Å². The molecule has 3 aromatic carbocycles. The molecule has 47 heavy (non-hydrogen) atoms. The van der Waals surface area contributed by atoms with Crippen molar-refractivity contribution in [2.45, 2.75) is 39.7 Å². The van der Waals surface area contributed by atoms with Gasteiger partial charge < -0.3 is 15.7 Å². The first-order chi connectivity index (χ1) is 22.4. The van der Waals surface area contributed by atoms with Crippen LogP contribution in [0.15, 0.2) is 103 Å². The normalized spacial score (nSPS) is 11.1. The lowest BCUT2D eigenvalue weighted by atomic mass is 9.92. The fourth-order valence-corrected chi connectivity index (χ4v) is 4.74. The average Bonchev–Trinajstić information content (AvgIpc) is 3.48. The number of carbonyl (C=O) groups excluding carboxylic acids is 3. The Kier molecular flexibility index (Phi) is 9.27. The summed E-state index contributed by atoms with van der Waals surface area (Å²) < 4.78 is 2.92. The number of amides is 3. The van der Waals surface area contributed by atoms with Crippen molar-refractivity contribution in [3.05, 3.63) is 137 Å². The molecule has 5 aromatic rings. The first-order valence-electron chi connectivity index (χ1n) is 14.9. The van der Waals surface area contributed by atoms with Crippen LogP contribution in [0.3, 0.4) is 0 Å². The molecule has 0 saturated carbocycles. The Bertz CT molecular complexity index is 1960. The maximum absolute atomic E-state index is 13.1. The van der Waals surface area contributed by atoms with Gasteiger partial charge in [-0.2, -0.15) is 5.10 Å². The summed E-state index contributed by atoms with van der Waals surface area (Å²) in [6.45, 7) is 8.01. The number of hydrogen-bond donors (Lipinski definition) is 4. The standard InChI is InChI=1S/C36H34N6O5/c1-23-12-15-25(19-29(23)34(45)46)33(44)41-18-8-9-26(22-41)32(43)37-21-24-13-16-28(17-14-24)42-31(20-30(40-42)36(2,3)4)39-35(47)38-27-10-6-5-7-11-27/h5-20,22H,21H2,1-4H3,(H3-,37,38,39,40,43,45,46,47)/p+1. The molecule has 4 N–H and O–H groups in total. The maximum atomic E-state index is 13.1. The number of anilines is 2. The second-order valence-corrected chi connectivity index (χ2v) is 12.0. The third-order valence-electron chi connectivity index (χ3n) is 7.40. The van der Waals surface area contributed by atoms with Gasteiger partial charge in [0, 0.05) is 29.8 Å². The second-order valence-electron chi connectivity index (χ2n) is 12.0. The van der Waals surface area contributed by atoms with Crippen LogP contribution in [0, 0.1) is 6.92 Å². The zero-order chi connectivity index (χ0) is 33.7. The summed E-state index contributed by atoms with van der Waals surface area (Å²) in [5.41, 5.74) is 3.78. The van der Waals surface area contributed by atoms with Gasteiger partial charge in [0.05, 0.1) is 22.5 Å². The topological polar surface area (TPSA) is 146 Å². The van der Waals surface area contributed by atoms with Gasteiger partial charge in [0.2, 0.25) is 0 Å². The number of carboxylic acid groups (broad SMARTS) is 1. The molecule has 0 bridgehead atoms. The molecule has 3 amide bonds. The molecule has 0 saturated heterocycles. The van der Waals surface area contributed by atoms with E-state index in [0.29, 0.717) is 17.1 Å². The number of para-hydroxylation sites is 1. The van der Waals surface area contributed by atoms with Gasteiger partial charge in [0.15, 0.2) is 12.4 Å². The van der Waals surface area contributed by atoms with Crippen LogP contribution in [-0.2, 0) is 12.0 Å². The van der Waals surface area contributed by atoms with Gasteiger partial charge in [0.1, 0.15) is 11.4 Å². The number of aryl methyl sites for hydroxylation is 1. The van der Waals surface area contributed by atoms with Gasteiger partial charge in [0.25, 0.3) is 5.91 Å². The van der Waals surface area contributed by atoms with E-state index in [1.807, 2.05) is 69.3 Å². The van der Waals surface area contributed by atoms with Crippen molar-refractivity contribution in [3.63, 3.8) is 0 Å². The van der Waals surface area contributed by atoms with E-state index in [2.05, 4.69) is 16.0 Å². The lowest BCUT2D eigenvalue weighted by Crippen LogP contribution is -2.43. The molecule has 2 aromatic heterocycles. The van der Waals surface area contributed by atoms with Crippen LogP contribution in [0.1, 0.15) is 68.7 Å². The minimum absolute atomic E-state index is 0.0413. The summed E-state index contributed by atoms with van der Waals surface area (Å²) in [6.07, 6.45) is 2.92. The molecular formula is C36H35N6O5+. The van der Waals surface area contributed by atoms with E-state index < -0.39 is 17.9 Å². The zero-order valence-electron chi connectivity index (χ0n) is 26.4. The summed E-state index contributed by atoms with van der Waals surface area (Å²) in [6, 6.07) is 25.6. The van der Waals surface area contributed by atoms with Crippen LogP contribution >= 0.6 is 0 Å². The Balaban J connectivity index is 1.27. The lowest BCUT2D eigenvalue weighted by Gasteiger charge is -2.14. The molecule has 0 unspecified atom stereocenters.